The molecule has 0 bridgehead atoms. The van der Waals surface area contributed by atoms with Gasteiger partial charge in [-0.25, -0.2) is 4.79 Å². The van der Waals surface area contributed by atoms with E-state index in [1.54, 1.807) is 38.1 Å². The Morgan fingerprint density at radius 1 is 1.21 bits per heavy atom. The molecule has 1 aromatic carbocycles. The first-order chi connectivity index (χ1) is 13.2. The average Bonchev–Trinajstić information content (AvgIpc) is 2.83. The van der Waals surface area contributed by atoms with Crippen molar-refractivity contribution in [1.29, 1.82) is 0 Å². The quantitative estimate of drug-likeness (QED) is 0.489. The summed E-state index contributed by atoms with van der Waals surface area (Å²) < 4.78 is 10.3. The molecule has 9 nitrogen and oxygen atoms in total. The van der Waals surface area contributed by atoms with Crippen LogP contribution in [0.1, 0.15) is 33.6 Å². The summed E-state index contributed by atoms with van der Waals surface area (Å²) in [6, 6.07) is 6.47. The zero-order valence-corrected chi connectivity index (χ0v) is 16.2. The maximum Gasteiger partial charge on any atom is 0.325 e. The van der Waals surface area contributed by atoms with Crippen molar-refractivity contribution in [3.63, 3.8) is 0 Å². The van der Waals surface area contributed by atoms with Gasteiger partial charge in [-0.05, 0) is 39.3 Å². The average molecular weight is 391 g/mol. The van der Waals surface area contributed by atoms with Crippen LogP contribution in [-0.2, 0) is 19.1 Å². The molecule has 0 radical (unpaired) electrons. The van der Waals surface area contributed by atoms with Gasteiger partial charge < -0.3 is 20.1 Å². The maximum absolute atomic E-state index is 12.0. The van der Waals surface area contributed by atoms with Gasteiger partial charge in [0.05, 0.1) is 12.3 Å². The largest absolute Gasteiger partial charge is 0.492 e. The molecule has 0 aromatic heterocycles. The number of anilines is 1. The van der Waals surface area contributed by atoms with Crippen LogP contribution in [0.5, 0.6) is 5.75 Å². The molecule has 1 saturated heterocycles. The van der Waals surface area contributed by atoms with Crippen LogP contribution < -0.4 is 15.4 Å². The van der Waals surface area contributed by atoms with E-state index in [0.717, 1.165) is 4.90 Å². The molecular formula is C19H25N3O6. The van der Waals surface area contributed by atoms with Gasteiger partial charge in [0.2, 0.25) is 0 Å². The minimum Gasteiger partial charge on any atom is -0.492 e. The van der Waals surface area contributed by atoms with Crippen LogP contribution >= 0.6 is 0 Å². The molecule has 0 atom stereocenters. The van der Waals surface area contributed by atoms with E-state index in [-0.39, 0.29) is 25.3 Å². The molecule has 152 valence electrons. The van der Waals surface area contributed by atoms with E-state index in [0.29, 0.717) is 18.0 Å². The Morgan fingerprint density at radius 3 is 2.57 bits per heavy atom. The second-order valence-electron chi connectivity index (χ2n) is 6.75. The Kier molecular flexibility index (Phi) is 6.97. The number of para-hydroxylation sites is 2. The Bertz CT molecular complexity index is 762. The number of hydrogen-bond donors (Lipinski definition) is 2. The molecule has 1 fully saturated rings. The van der Waals surface area contributed by atoms with Crippen molar-refractivity contribution in [3.05, 3.63) is 24.3 Å². The van der Waals surface area contributed by atoms with Crippen molar-refractivity contribution in [1.82, 2.24) is 10.2 Å². The number of nitrogens with zero attached hydrogens (tertiary/aromatic N) is 1. The number of amides is 4. The number of nitrogens with one attached hydrogen (secondary N) is 2. The van der Waals surface area contributed by atoms with Crippen molar-refractivity contribution < 1.29 is 28.7 Å². The van der Waals surface area contributed by atoms with E-state index < -0.39 is 30.1 Å². The summed E-state index contributed by atoms with van der Waals surface area (Å²) in [7, 11) is 0. The fourth-order valence-corrected chi connectivity index (χ4v) is 2.66. The Morgan fingerprint density at radius 2 is 1.93 bits per heavy atom. The van der Waals surface area contributed by atoms with E-state index in [1.807, 2.05) is 6.92 Å². The van der Waals surface area contributed by atoms with Gasteiger partial charge in [-0.15, -0.1) is 0 Å². The molecule has 0 spiro atoms. The third kappa shape index (κ3) is 5.45. The van der Waals surface area contributed by atoms with Gasteiger partial charge in [-0.2, -0.15) is 0 Å². The maximum atomic E-state index is 12.0. The van der Waals surface area contributed by atoms with Crippen LogP contribution in [0.25, 0.3) is 0 Å². The minimum atomic E-state index is -0.937. The van der Waals surface area contributed by atoms with Crippen LogP contribution in [0.15, 0.2) is 24.3 Å². The van der Waals surface area contributed by atoms with E-state index in [4.69, 9.17) is 9.47 Å². The molecule has 1 aromatic rings. The number of carbonyl (C=O) groups excluding carboxylic acids is 4. The molecule has 1 aliphatic heterocycles. The van der Waals surface area contributed by atoms with Crippen LogP contribution in [0.2, 0.25) is 0 Å². The van der Waals surface area contributed by atoms with Gasteiger partial charge in [0.15, 0.2) is 6.61 Å². The Balaban J connectivity index is 1.72. The van der Waals surface area contributed by atoms with Gasteiger partial charge in [0.25, 0.3) is 11.8 Å². The minimum absolute atomic E-state index is 0.0136. The zero-order valence-electron chi connectivity index (χ0n) is 16.2. The highest BCUT2D eigenvalue weighted by Crippen LogP contribution is 2.23. The predicted molar refractivity (Wildman–Crippen MR) is 101 cm³/mol. The van der Waals surface area contributed by atoms with Crippen LogP contribution in [0, 0.1) is 0 Å². The normalized spacial score (nSPS) is 15.2. The molecule has 9 heteroatoms. The van der Waals surface area contributed by atoms with Gasteiger partial charge in [-0.3, -0.25) is 19.3 Å². The lowest BCUT2D eigenvalue weighted by Gasteiger charge is -2.15. The number of imide groups is 1. The van der Waals surface area contributed by atoms with E-state index >= 15 is 0 Å². The SMILES string of the molecule is CCOc1ccccc1NC(=O)COC(=O)CCCN1C(=O)NC(C)(C)C1=O. The van der Waals surface area contributed by atoms with Crippen molar-refractivity contribution >= 4 is 29.5 Å². The number of esters is 1. The van der Waals surface area contributed by atoms with E-state index in [9.17, 15) is 19.2 Å². The third-order valence-corrected chi connectivity index (χ3v) is 4.03. The Hall–Kier alpha value is -3.10. The molecule has 1 aliphatic rings. The number of benzene rings is 1. The van der Waals surface area contributed by atoms with E-state index in [2.05, 4.69) is 10.6 Å². The van der Waals surface area contributed by atoms with Gasteiger partial charge >= 0.3 is 12.0 Å². The standard InChI is InChI=1S/C19H25N3O6/c1-4-27-14-9-6-5-8-13(14)20-15(23)12-28-16(24)10-7-11-22-17(25)19(2,3)21-18(22)26/h5-6,8-9H,4,7,10-12H2,1-3H3,(H,20,23)(H,21,26). The molecular weight excluding hydrogens is 366 g/mol. The molecule has 1 heterocycles. The summed E-state index contributed by atoms with van der Waals surface area (Å²) >= 11 is 0. The lowest BCUT2D eigenvalue weighted by Crippen LogP contribution is -2.40. The predicted octanol–water partition coefficient (Wildman–Crippen LogP) is 1.68. The van der Waals surface area contributed by atoms with Crippen molar-refractivity contribution in [2.45, 2.75) is 39.2 Å². The van der Waals surface area contributed by atoms with Crippen molar-refractivity contribution in [2.75, 3.05) is 25.1 Å². The molecule has 0 saturated carbocycles. The fourth-order valence-electron chi connectivity index (χ4n) is 2.66. The van der Waals surface area contributed by atoms with Gasteiger partial charge in [0.1, 0.15) is 11.3 Å². The van der Waals surface area contributed by atoms with Crippen molar-refractivity contribution in [3.8, 4) is 5.75 Å². The highest BCUT2D eigenvalue weighted by molar-refractivity contribution is 6.06. The second kappa shape index (κ2) is 9.20. The van der Waals surface area contributed by atoms with E-state index in [1.165, 1.54) is 0 Å². The molecule has 0 aliphatic carbocycles. The van der Waals surface area contributed by atoms with Crippen molar-refractivity contribution in [2.24, 2.45) is 0 Å². The number of carbonyl (C=O) groups is 4. The number of hydrogen-bond acceptors (Lipinski definition) is 6. The molecule has 2 N–H and O–H groups in total. The molecule has 2 rings (SSSR count). The first kappa shape index (κ1) is 21.2. The van der Waals surface area contributed by atoms with Crippen LogP contribution in [0.3, 0.4) is 0 Å². The van der Waals surface area contributed by atoms with Gasteiger partial charge in [0, 0.05) is 13.0 Å². The number of rotatable bonds is 9. The lowest BCUT2D eigenvalue weighted by molar-refractivity contribution is -0.147. The first-order valence-electron chi connectivity index (χ1n) is 9.06. The highest BCUT2D eigenvalue weighted by Gasteiger charge is 2.43. The van der Waals surface area contributed by atoms with Gasteiger partial charge in [-0.1, -0.05) is 12.1 Å². The monoisotopic (exact) mass is 391 g/mol. The summed E-state index contributed by atoms with van der Waals surface area (Å²) in [5.41, 5.74) is -0.445. The molecule has 0 unspecified atom stereocenters. The summed E-state index contributed by atoms with van der Waals surface area (Å²) in [5, 5.41) is 5.19. The topological polar surface area (TPSA) is 114 Å². The first-order valence-corrected chi connectivity index (χ1v) is 9.06. The fraction of sp³-hybridized carbons (Fsp3) is 0.474. The second-order valence-corrected chi connectivity index (χ2v) is 6.75. The molecule has 4 amide bonds. The number of urea groups is 1. The zero-order chi connectivity index (χ0) is 20.7. The lowest BCUT2D eigenvalue weighted by atomic mass is 10.1. The summed E-state index contributed by atoms with van der Waals surface area (Å²) in [6.07, 6.45) is 0.239. The third-order valence-electron chi connectivity index (χ3n) is 4.03. The van der Waals surface area contributed by atoms with Crippen LogP contribution in [-0.4, -0.2) is 54.0 Å². The summed E-state index contributed by atoms with van der Waals surface area (Å²) in [4.78, 5) is 48.6. The molecule has 28 heavy (non-hydrogen) atoms. The Labute approximate surface area is 163 Å². The summed E-state index contributed by atoms with van der Waals surface area (Å²) in [6.45, 7) is 5.19. The number of ether oxygens (including phenoxy) is 2. The highest BCUT2D eigenvalue weighted by atomic mass is 16.5. The smallest absolute Gasteiger partial charge is 0.325 e. The van der Waals surface area contributed by atoms with Crippen LogP contribution in [0.4, 0.5) is 10.5 Å². The summed E-state index contributed by atoms with van der Waals surface area (Å²) in [5.74, 6) is -0.879.